The molecule has 17 heavy (non-hydrogen) atoms. The molecule has 1 aromatic rings. The standard InChI is InChI=1S/C13H18N2O2/c1-3-10-4-6-11(7-5-10)15-8-13(2,9-16)12(17)14-15/h4-7,16H,3,8-9H2,1-2H3,(H,14,17). The lowest BCUT2D eigenvalue weighted by Gasteiger charge is -2.19. The van der Waals surface area contributed by atoms with Crippen LogP contribution >= 0.6 is 0 Å². The van der Waals surface area contributed by atoms with E-state index in [0.717, 1.165) is 12.1 Å². The fraction of sp³-hybridized carbons (Fsp3) is 0.462. The number of rotatable bonds is 3. The molecule has 0 aromatic heterocycles. The van der Waals surface area contributed by atoms with E-state index in [1.165, 1.54) is 5.56 Å². The van der Waals surface area contributed by atoms with Gasteiger partial charge in [-0.1, -0.05) is 19.1 Å². The summed E-state index contributed by atoms with van der Waals surface area (Å²) in [5, 5.41) is 11.0. The van der Waals surface area contributed by atoms with Gasteiger partial charge in [0.1, 0.15) is 0 Å². The first-order valence-electron chi connectivity index (χ1n) is 5.87. The molecule has 0 bridgehead atoms. The molecule has 0 spiro atoms. The highest BCUT2D eigenvalue weighted by molar-refractivity contribution is 5.87. The molecule has 0 saturated carbocycles. The fourth-order valence-corrected chi connectivity index (χ4v) is 1.91. The van der Waals surface area contributed by atoms with Gasteiger partial charge >= 0.3 is 0 Å². The molecule has 1 atom stereocenters. The predicted octanol–water partition coefficient (Wildman–Crippen LogP) is 1.10. The average molecular weight is 234 g/mol. The summed E-state index contributed by atoms with van der Waals surface area (Å²) in [5.41, 5.74) is 4.30. The van der Waals surface area contributed by atoms with Gasteiger partial charge in [-0.25, -0.2) is 0 Å². The third kappa shape index (κ3) is 2.13. The van der Waals surface area contributed by atoms with Crippen molar-refractivity contribution in [2.75, 3.05) is 18.2 Å². The molecule has 1 unspecified atom stereocenters. The summed E-state index contributed by atoms with van der Waals surface area (Å²) in [7, 11) is 0. The first-order valence-corrected chi connectivity index (χ1v) is 5.87. The third-order valence-corrected chi connectivity index (χ3v) is 3.30. The van der Waals surface area contributed by atoms with E-state index in [9.17, 15) is 9.90 Å². The Kier molecular flexibility index (Phi) is 3.07. The Hall–Kier alpha value is -1.55. The Balaban J connectivity index is 2.17. The molecule has 4 nitrogen and oxygen atoms in total. The van der Waals surface area contributed by atoms with Gasteiger partial charge < -0.3 is 5.11 Å². The van der Waals surface area contributed by atoms with E-state index < -0.39 is 5.41 Å². The lowest BCUT2D eigenvalue weighted by Crippen LogP contribution is -2.34. The van der Waals surface area contributed by atoms with E-state index >= 15 is 0 Å². The predicted molar refractivity (Wildman–Crippen MR) is 66.5 cm³/mol. The maximum atomic E-state index is 11.7. The largest absolute Gasteiger partial charge is 0.395 e. The highest BCUT2D eigenvalue weighted by Gasteiger charge is 2.41. The second kappa shape index (κ2) is 4.37. The number of hydrogen-bond acceptors (Lipinski definition) is 3. The van der Waals surface area contributed by atoms with Gasteiger partial charge in [-0.15, -0.1) is 0 Å². The molecule has 2 N–H and O–H groups in total. The number of aliphatic hydroxyl groups excluding tert-OH is 1. The molecule has 92 valence electrons. The SMILES string of the molecule is CCc1ccc(N2CC(C)(CO)C(=O)N2)cc1. The molecule has 2 rings (SSSR count). The lowest BCUT2D eigenvalue weighted by atomic mass is 9.92. The summed E-state index contributed by atoms with van der Waals surface area (Å²) < 4.78 is 0. The summed E-state index contributed by atoms with van der Waals surface area (Å²) in [6, 6.07) is 8.08. The second-order valence-electron chi connectivity index (χ2n) is 4.77. The van der Waals surface area contributed by atoms with Gasteiger partial charge in [-0.2, -0.15) is 0 Å². The molecular formula is C13H18N2O2. The zero-order valence-electron chi connectivity index (χ0n) is 10.2. The van der Waals surface area contributed by atoms with Crippen LogP contribution in [0.15, 0.2) is 24.3 Å². The Morgan fingerprint density at radius 2 is 2.06 bits per heavy atom. The van der Waals surface area contributed by atoms with E-state index in [2.05, 4.69) is 24.5 Å². The Bertz CT molecular complexity index is 416. The summed E-state index contributed by atoms with van der Waals surface area (Å²) in [6.45, 7) is 4.23. The number of carbonyl (C=O) groups excluding carboxylic acids is 1. The molecule has 1 fully saturated rings. The van der Waals surface area contributed by atoms with Gasteiger partial charge in [0.2, 0.25) is 5.91 Å². The van der Waals surface area contributed by atoms with Crippen LogP contribution in [0.5, 0.6) is 0 Å². The van der Waals surface area contributed by atoms with Crippen molar-refractivity contribution in [2.24, 2.45) is 5.41 Å². The molecule has 1 saturated heterocycles. The van der Waals surface area contributed by atoms with E-state index in [0.29, 0.717) is 6.54 Å². The topological polar surface area (TPSA) is 52.6 Å². The van der Waals surface area contributed by atoms with Crippen molar-refractivity contribution in [3.8, 4) is 0 Å². The van der Waals surface area contributed by atoms with E-state index in [1.54, 1.807) is 11.9 Å². The highest BCUT2D eigenvalue weighted by Crippen LogP contribution is 2.27. The number of hydrazine groups is 1. The zero-order chi connectivity index (χ0) is 12.5. The molecule has 1 aliphatic heterocycles. The maximum Gasteiger partial charge on any atom is 0.248 e. The number of anilines is 1. The highest BCUT2D eigenvalue weighted by atomic mass is 16.3. The van der Waals surface area contributed by atoms with Gasteiger partial charge in [0.25, 0.3) is 0 Å². The van der Waals surface area contributed by atoms with Crippen LogP contribution in [0.25, 0.3) is 0 Å². The second-order valence-corrected chi connectivity index (χ2v) is 4.77. The molecule has 1 amide bonds. The van der Waals surface area contributed by atoms with Crippen LogP contribution in [0.1, 0.15) is 19.4 Å². The lowest BCUT2D eigenvalue weighted by molar-refractivity contribution is -0.128. The van der Waals surface area contributed by atoms with Crippen LogP contribution in [0.4, 0.5) is 5.69 Å². The fourth-order valence-electron chi connectivity index (χ4n) is 1.91. The minimum absolute atomic E-state index is 0.125. The number of amides is 1. The Labute approximate surface area is 101 Å². The molecule has 0 radical (unpaired) electrons. The van der Waals surface area contributed by atoms with Crippen molar-refractivity contribution in [2.45, 2.75) is 20.3 Å². The van der Waals surface area contributed by atoms with Crippen molar-refractivity contribution in [3.63, 3.8) is 0 Å². The minimum atomic E-state index is -0.705. The Morgan fingerprint density at radius 3 is 2.53 bits per heavy atom. The monoisotopic (exact) mass is 234 g/mol. The summed E-state index contributed by atoms with van der Waals surface area (Å²) in [6.07, 6.45) is 1.00. The van der Waals surface area contributed by atoms with Crippen LogP contribution < -0.4 is 10.4 Å². The third-order valence-electron chi connectivity index (χ3n) is 3.30. The minimum Gasteiger partial charge on any atom is -0.395 e. The van der Waals surface area contributed by atoms with E-state index in [-0.39, 0.29) is 12.5 Å². The van der Waals surface area contributed by atoms with Crippen molar-refractivity contribution in [1.29, 1.82) is 0 Å². The van der Waals surface area contributed by atoms with Gasteiger partial charge in [0.15, 0.2) is 0 Å². The average Bonchev–Trinajstić information content (AvgIpc) is 2.67. The van der Waals surface area contributed by atoms with Gasteiger partial charge in [0, 0.05) is 0 Å². The van der Waals surface area contributed by atoms with Gasteiger partial charge in [-0.3, -0.25) is 15.2 Å². The number of aryl methyl sites for hydroxylation is 1. The van der Waals surface area contributed by atoms with Crippen molar-refractivity contribution in [3.05, 3.63) is 29.8 Å². The molecular weight excluding hydrogens is 216 g/mol. The van der Waals surface area contributed by atoms with Crippen molar-refractivity contribution < 1.29 is 9.90 Å². The van der Waals surface area contributed by atoms with Gasteiger partial charge in [-0.05, 0) is 31.0 Å². The Morgan fingerprint density at radius 1 is 1.41 bits per heavy atom. The molecule has 1 heterocycles. The first-order chi connectivity index (χ1) is 8.09. The van der Waals surface area contributed by atoms with Crippen LogP contribution in [0.3, 0.4) is 0 Å². The number of nitrogens with one attached hydrogen (secondary N) is 1. The maximum absolute atomic E-state index is 11.7. The van der Waals surface area contributed by atoms with E-state index in [1.807, 2.05) is 12.1 Å². The number of benzene rings is 1. The van der Waals surface area contributed by atoms with Gasteiger partial charge in [0.05, 0.1) is 24.3 Å². The van der Waals surface area contributed by atoms with E-state index in [4.69, 9.17) is 0 Å². The normalized spacial score (nSPS) is 23.9. The molecule has 1 aromatic carbocycles. The quantitative estimate of drug-likeness (QED) is 0.823. The summed E-state index contributed by atoms with van der Waals surface area (Å²) in [5.74, 6) is -0.125. The van der Waals surface area contributed by atoms with Crippen LogP contribution in [0, 0.1) is 5.41 Å². The smallest absolute Gasteiger partial charge is 0.248 e. The van der Waals surface area contributed by atoms with Crippen LogP contribution in [-0.4, -0.2) is 24.2 Å². The molecule has 4 heteroatoms. The van der Waals surface area contributed by atoms with Crippen molar-refractivity contribution >= 4 is 11.6 Å². The first kappa shape index (κ1) is 11.9. The molecule has 0 aliphatic carbocycles. The number of hydrogen-bond donors (Lipinski definition) is 2. The number of carbonyl (C=O) groups is 1. The molecule has 1 aliphatic rings. The number of nitrogens with zero attached hydrogens (tertiary/aromatic N) is 1. The number of aliphatic hydroxyl groups is 1. The summed E-state index contributed by atoms with van der Waals surface area (Å²) in [4.78, 5) is 11.7. The van der Waals surface area contributed by atoms with Crippen LogP contribution in [-0.2, 0) is 11.2 Å². The van der Waals surface area contributed by atoms with Crippen LogP contribution in [0.2, 0.25) is 0 Å². The summed E-state index contributed by atoms with van der Waals surface area (Å²) >= 11 is 0. The zero-order valence-corrected chi connectivity index (χ0v) is 10.2. The van der Waals surface area contributed by atoms with Crippen molar-refractivity contribution in [1.82, 2.24) is 5.43 Å².